The molecule has 88 valence electrons. The zero-order chi connectivity index (χ0) is 11.5. The van der Waals surface area contributed by atoms with Gasteiger partial charge in [-0.3, -0.25) is 0 Å². The lowest BCUT2D eigenvalue weighted by atomic mass is 9.95. The second kappa shape index (κ2) is 5.21. The zero-order valence-corrected chi connectivity index (χ0v) is 10.6. The number of rotatable bonds is 3. The molecule has 2 unspecified atom stereocenters. The fraction of sp³-hybridized carbons (Fsp3) is 0.538. The first kappa shape index (κ1) is 12.0. The third kappa shape index (κ3) is 2.59. The van der Waals surface area contributed by atoms with Crippen molar-refractivity contribution in [3.8, 4) is 0 Å². The van der Waals surface area contributed by atoms with Crippen LogP contribution in [0.2, 0.25) is 0 Å². The van der Waals surface area contributed by atoms with E-state index in [4.69, 9.17) is 0 Å². The van der Waals surface area contributed by atoms with Crippen molar-refractivity contribution in [2.45, 2.75) is 30.9 Å². The van der Waals surface area contributed by atoms with Crippen LogP contribution in [0.5, 0.6) is 0 Å². The topological polar surface area (TPSA) is 32.3 Å². The molecule has 0 bridgehead atoms. The van der Waals surface area contributed by atoms with Crippen molar-refractivity contribution in [1.82, 2.24) is 5.32 Å². The molecule has 0 saturated carbocycles. The van der Waals surface area contributed by atoms with Crippen molar-refractivity contribution in [2.75, 3.05) is 12.3 Å². The van der Waals surface area contributed by atoms with E-state index in [1.54, 1.807) is 0 Å². The summed E-state index contributed by atoms with van der Waals surface area (Å²) in [6.07, 6.45) is -0.283. The van der Waals surface area contributed by atoms with Crippen LogP contribution in [-0.4, -0.2) is 23.5 Å². The van der Waals surface area contributed by atoms with Gasteiger partial charge in [-0.1, -0.05) is 25.1 Å². The summed E-state index contributed by atoms with van der Waals surface area (Å²) in [4.78, 5) is 1.38. The van der Waals surface area contributed by atoms with Crippen molar-refractivity contribution < 1.29 is 5.11 Å². The van der Waals surface area contributed by atoms with Gasteiger partial charge in [0.25, 0.3) is 0 Å². The SMILES string of the molecule is CC1CSc2ccccc2C1NC[C@@H](C)O. The summed E-state index contributed by atoms with van der Waals surface area (Å²) in [5.74, 6) is 1.76. The Bertz CT molecular complexity index is 354. The zero-order valence-electron chi connectivity index (χ0n) is 9.81. The largest absolute Gasteiger partial charge is 0.392 e. The van der Waals surface area contributed by atoms with E-state index < -0.39 is 0 Å². The molecule has 0 radical (unpaired) electrons. The normalized spacial score (nSPS) is 26.2. The minimum atomic E-state index is -0.283. The first-order chi connectivity index (χ1) is 7.68. The van der Waals surface area contributed by atoms with E-state index in [0.717, 1.165) is 5.75 Å². The van der Waals surface area contributed by atoms with Gasteiger partial charge >= 0.3 is 0 Å². The highest BCUT2D eigenvalue weighted by atomic mass is 32.2. The number of aliphatic hydroxyl groups is 1. The summed E-state index contributed by atoms with van der Waals surface area (Å²) in [7, 11) is 0. The van der Waals surface area contributed by atoms with Crippen molar-refractivity contribution in [2.24, 2.45) is 5.92 Å². The minimum Gasteiger partial charge on any atom is -0.392 e. The van der Waals surface area contributed by atoms with Crippen molar-refractivity contribution in [3.05, 3.63) is 29.8 Å². The van der Waals surface area contributed by atoms with Gasteiger partial charge in [0.05, 0.1) is 6.10 Å². The van der Waals surface area contributed by atoms with E-state index in [1.807, 2.05) is 18.7 Å². The quantitative estimate of drug-likeness (QED) is 0.847. The third-order valence-corrected chi connectivity index (χ3v) is 4.33. The van der Waals surface area contributed by atoms with Gasteiger partial charge in [-0.05, 0) is 24.5 Å². The van der Waals surface area contributed by atoms with Crippen LogP contribution in [0, 0.1) is 5.92 Å². The lowest BCUT2D eigenvalue weighted by Gasteiger charge is -2.32. The van der Waals surface area contributed by atoms with Crippen LogP contribution < -0.4 is 5.32 Å². The molecule has 3 atom stereocenters. The molecule has 2 nitrogen and oxygen atoms in total. The number of hydrogen-bond acceptors (Lipinski definition) is 3. The minimum absolute atomic E-state index is 0.283. The number of hydrogen-bond donors (Lipinski definition) is 2. The molecule has 1 heterocycles. The maximum Gasteiger partial charge on any atom is 0.0636 e. The molecule has 0 fully saturated rings. The summed E-state index contributed by atoms with van der Waals surface area (Å²) in [6.45, 7) is 4.75. The Balaban J connectivity index is 2.16. The summed E-state index contributed by atoms with van der Waals surface area (Å²) in [6, 6.07) is 8.94. The Labute approximate surface area is 101 Å². The van der Waals surface area contributed by atoms with Crippen LogP contribution in [0.25, 0.3) is 0 Å². The molecular formula is C13H19NOS. The predicted molar refractivity (Wildman–Crippen MR) is 68.8 cm³/mol. The van der Waals surface area contributed by atoms with Gasteiger partial charge in [0.1, 0.15) is 0 Å². The summed E-state index contributed by atoms with van der Waals surface area (Å²) in [5, 5.41) is 12.8. The Morgan fingerprint density at radius 1 is 1.50 bits per heavy atom. The second-order valence-electron chi connectivity index (χ2n) is 4.56. The predicted octanol–water partition coefficient (Wildman–Crippen LogP) is 2.44. The van der Waals surface area contributed by atoms with Gasteiger partial charge in [0.15, 0.2) is 0 Å². The monoisotopic (exact) mass is 237 g/mol. The number of benzene rings is 1. The molecule has 0 aromatic heterocycles. The number of nitrogens with one attached hydrogen (secondary N) is 1. The van der Waals surface area contributed by atoms with E-state index in [-0.39, 0.29) is 6.10 Å². The Hall–Kier alpha value is -0.510. The Morgan fingerprint density at radius 3 is 3.00 bits per heavy atom. The molecule has 1 aliphatic rings. The Morgan fingerprint density at radius 2 is 2.25 bits per heavy atom. The van der Waals surface area contributed by atoms with Crippen molar-refractivity contribution in [1.29, 1.82) is 0 Å². The molecule has 16 heavy (non-hydrogen) atoms. The molecule has 2 rings (SSSR count). The highest BCUT2D eigenvalue weighted by molar-refractivity contribution is 7.99. The first-order valence-electron chi connectivity index (χ1n) is 5.81. The second-order valence-corrected chi connectivity index (χ2v) is 5.62. The lowest BCUT2D eigenvalue weighted by Crippen LogP contribution is -2.35. The Kier molecular flexibility index (Phi) is 3.90. The van der Waals surface area contributed by atoms with Crippen LogP contribution in [0.4, 0.5) is 0 Å². The van der Waals surface area contributed by atoms with Gasteiger partial charge in [-0.25, -0.2) is 0 Å². The average Bonchev–Trinajstić information content (AvgIpc) is 2.27. The fourth-order valence-corrected chi connectivity index (χ4v) is 3.27. The van der Waals surface area contributed by atoms with E-state index in [0.29, 0.717) is 18.5 Å². The average molecular weight is 237 g/mol. The summed E-state index contributed by atoms with van der Waals surface area (Å²) < 4.78 is 0. The van der Waals surface area contributed by atoms with Gasteiger partial charge in [0.2, 0.25) is 0 Å². The smallest absolute Gasteiger partial charge is 0.0636 e. The van der Waals surface area contributed by atoms with Crippen molar-refractivity contribution in [3.63, 3.8) is 0 Å². The number of thioether (sulfide) groups is 1. The van der Waals surface area contributed by atoms with Crippen LogP contribution in [0.1, 0.15) is 25.5 Å². The third-order valence-electron chi connectivity index (χ3n) is 2.96. The molecule has 1 aromatic rings. The molecule has 3 heteroatoms. The summed E-state index contributed by atoms with van der Waals surface area (Å²) in [5.41, 5.74) is 1.38. The highest BCUT2D eigenvalue weighted by Gasteiger charge is 2.26. The number of aliphatic hydroxyl groups excluding tert-OH is 1. The molecule has 0 aliphatic carbocycles. The van der Waals surface area contributed by atoms with Gasteiger partial charge in [-0.2, -0.15) is 0 Å². The van der Waals surface area contributed by atoms with E-state index in [9.17, 15) is 5.11 Å². The van der Waals surface area contributed by atoms with Gasteiger partial charge < -0.3 is 10.4 Å². The standard InChI is InChI=1S/C13H19NOS/c1-9-8-16-12-6-4-3-5-11(12)13(9)14-7-10(2)15/h3-6,9-10,13-15H,7-8H2,1-2H3/t9?,10-,13?/m1/s1. The van der Waals surface area contributed by atoms with Crippen molar-refractivity contribution >= 4 is 11.8 Å². The molecule has 1 aromatic carbocycles. The molecule has 2 N–H and O–H groups in total. The van der Waals surface area contributed by atoms with Crippen LogP contribution in [0.15, 0.2) is 29.2 Å². The van der Waals surface area contributed by atoms with E-state index >= 15 is 0 Å². The van der Waals surface area contributed by atoms with Crippen LogP contribution in [-0.2, 0) is 0 Å². The molecule has 0 amide bonds. The molecular weight excluding hydrogens is 218 g/mol. The van der Waals surface area contributed by atoms with E-state index in [2.05, 4.69) is 36.5 Å². The van der Waals surface area contributed by atoms with Gasteiger partial charge in [-0.15, -0.1) is 11.8 Å². The van der Waals surface area contributed by atoms with Crippen LogP contribution >= 0.6 is 11.8 Å². The first-order valence-corrected chi connectivity index (χ1v) is 6.80. The van der Waals surface area contributed by atoms with Crippen LogP contribution in [0.3, 0.4) is 0 Å². The maximum atomic E-state index is 9.35. The maximum absolute atomic E-state index is 9.35. The van der Waals surface area contributed by atoms with E-state index in [1.165, 1.54) is 10.5 Å². The highest BCUT2D eigenvalue weighted by Crippen LogP contribution is 2.39. The molecule has 0 saturated heterocycles. The lowest BCUT2D eigenvalue weighted by molar-refractivity contribution is 0.181. The fourth-order valence-electron chi connectivity index (χ4n) is 2.10. The number of fused-ring (bicyclic) bond motifs is 1. The molecule has 0 spiro atoms. The molecule has 1 aliphatic heterocycles. The summed E-state index contributed by atoms with van der Waals surface area (Å²) >= 11 is 1.93. The van der Waals surface area contributed by atoms with Gasteiger partial charge in [0, 0.05) is 23.2 Å².